The molecule has 116 valence electrons. The standard InChI is InChI=1S/C17H15N3O3/c1-11-19-17(20-23-11)14-6-8-15(9-7-14)22-10-12-2-4-13(5-3-12)16(18)21/h2-9H,10H2,1H3,(H2,18,21). The van der Waals surface area contributed by atoms with Crippen molar-refractivity contribution >= 4 is 5.91 Å². The molecule has 2 aromatic carbocycles. The molecule has 0 radical (unpaired) electrons. The Balaban J connectivity index is 1.63. The normalized spacial score (nSPS) is 10.5. The smallest absolute Gasteiger partial charge is 0.248 e. The van der Waals surface area contributed by atoms with Crippen LogP contribution in [0.3, 0.4) is 0 Å². The maximum Gasteiger partial charge on any atom is 0.248 e. The van der Waals surface area contributed by atoms with Crippen molar-refractivity contribution in [3.63, 3.8) is 0 Å². The van der Waals surface area contributed by atoms with Crippen LogP contribution in [0.5, 0.6) is 5.75 Å². The van der Waals surface area contributed by atoms with E-state index in [0.717, 1.165) is 16.9 Å². The molecule has 0 unspecified atom stereocenters. The number of ether oxygens (including phenoxy) is 1. The number of amides is 1. The minimum Gasteiger partial charge on any atom is -0.489 e. The topological polar surface area (TPSA) is 91.2 Å². The maximum absolute atomic E-state index is 11.0. The predicted molar refractivity (Wildman–Crippen MR) is 83.8 cm³/mol. The average molecular weight is 309 g/mol. The van der Waals surface area contributed by atoms with E-state index in [2.05, 4.69) is 10.1 Å². The van der Waals surface area contributed by atoms with Crippen molar-refractivity contribution < 1.29 is 14.1 Å². The number of nitrogens with zero attached hydrogens (tertiary/aromatic N) is 2. The van der Waals surface area contributed by atoms with E-state index in [0.29, 0.717) is 23.9 Å². The van der Waals surface area contributed by atoms with E-state index in [1.54, 1.807) is 19.1 Å². The van der Waals surface area contributed by atoms with Crippen LogP contribution in [0.2, 0.25) is 0 Å². The number of carbonyl (C=O) groups is 1. The summed E-state index contributed by atoms with van der Waals surface area (Å²) in [5, 5.41) is 3.87. The van der Waals surface area contributed by atoms with E-state index in [4.69, 9.17) is 15.0 Å². The van der Waals surface area contributed by atoms with E-state index in [-0.39, 0.29) is 0 Å². The summed E-state index contributed by atoms with van der Waals surface area (Å²) >= 11 is 0. The van der Waals surface area contributed by atoms with Gasteiger partial charge in [0.05, 0.1) is 0 Å². The average Bonchev–Trinajstić information content (AvgIpc) is 3.00. The quantitative estimate of drug-likeness (QED) is 0.782. The number of carbonyl (C=O) groups excluding carboxylic acids is 1. The summed E-state index contributed by atoms with van der Waals surface area (Å²) < 4.78 is 10.7. The fraction of sp³-hybridized carbons (Fsp3) is 0.118. The number of primary amides is 1. The van der Waals surface area contributed by atoms with Crippen molar-refractivity contribution in [2.45, 2.75) is 13.5 Å². The fourth-order valence-electron chi connectivity index (χ4n) is 2.05. The lowest BCUT2D eigenvalue weighted by Crippen LogP contribution is -2.10. The Morgan fingerprint density at radius 1 is 1.13 bits per heavy atom. The van der Waals surface area contributed by atoms with Crippen molar-refractivity contribution in [3.8, 4) is 17.1 Å². The molecule has 6 heteroatoms. The Bertz CT molecular complexity index is 808. The second-order valence-corrected chi connectivity index (χ2v) is 5.01. The molecule has 0 saturated carbocycles. The summed E-state index contributed by atoms with van der Waals surface area (Å²) in [7, 11) is 0. The molecule has 23 heavy (non-hydrogen) atoms. The van der Waals surface area contributed by atoms with Crippen LogP contribution in [0.25, 0.3) is 11.4 Å². The Morgan fingerprint density at radius 3 is 2.39 bits per heavy atom. The van der Waals surface area contributed by atoms with Gasteiger partial charge in [-0.05, 0) is 42.0 Å². The van der Waals surface area contributed by atoms with E-state index in [1.165, 1.54) is 0 Å². The predicted octanol–water partition coefficient (Wildman–Crippen LogP) is 2.72. The highest BCUT2D eigenvalue weighted by molar-refractivity contribution is 5.92. The van der Waals surface area contributed by atoms with Crippen molar-refractivity contribution in [1.29, 1.82) is 0 Å². The van der Waals surface area contributed by atoms with Crippen LogP contribution < -0.4 is 10.5 Å². The maximum atomic E-state index is 11.0. The number of hydrogen-bond acceptors (Lipinski definition) is 5. The summed E-state index contributed by atoms with van der Waals surface area (Å²) in [6, 6.07) is 14.4. The molecule has 0 fully saturated rings. The Labute approximate surface area is 132 Å². The van der Waals surface area contributed by atoms with Gasteiger partial charge in [-0.3, -0.25) is 4.79 Å². The molecule has 0 spiro atoms. The Morgan fingerprint density at radius 2 is 1.83 bits per heavy atom. The number of hydrogen-bond donors (Lipinski definition) is 1. The molecule has 1 aromatic heterocycles. The number of rotatable bonds is 5. The van der Waals surface area contributed by atoms with E-state index in [1.807, 2.05) is 36.4 Å². The monoisotopic (exact) mass is 309 g/mol. The van der Waals surface area contributed by atoms with Gasteiger partial charge in [0, 0.05) is 18.1 Å². The highest BCUT2D eigenvalue weighted by Gasteiger charge is 2.06. The van der Waals surface area contributed by atoms with Gasteiger partial charge in [0.25, 0.3) is 0 Å². The zero-order valence-corrected chi connectivity index (χ0v) is 12.5. The first-order chi connectivity index (χ1) is 11.1. The molecule has 0 atom stereocenters. The molecule has 3 rings (SSSR count). The first-order valence-electron chi connectivity index (χ1n) is 7.04. The SMILES string of the molecule is Cc1nc(-c2ccc(OCc3ccc(C(N)=O)cc3)cc2)no1. The minimum atomic E-state index is -0.440. The molecule has 2 N–H and O–H groups in total. The van der Waals surface area contributed by atoms with Gasteiger partial charge in [-0.25, -0.2) is 0 Å². The lowest BCUT2D eigenvalue weighted by molar-refractivity contribution is 0.1000. The zero-order valence-electron chi connectivity index (χ0n) is 12.5. The number of nitrogens with two attached hydrogens (primary N) is 1. The lowest BCUT2D eigenvalue weighted by Gasteiger charge is -2.07. The second kappa shape index (κ2) is 6.31. The highest BCUT2D eigenvalue weighted by Crippen LogP contribution is 2.20. The molecule has 1 amide bonds. The lowest BCUT2D eigenvalue weighted by atomic mass is 10.1. The van der Waals surface area contributed by atoms with Crippen LogP contribution in [-0.4, -0.2) is 16.0 Å². The van der Waals surface area contributed by atoms with Gasteiger partial charge >= 0.3 is 0 Å². The van der Waals surface area contributed by atoms with Gasteiger partial charge in [-0.2, -0.15) is 4.98 Å². The molecular formula is C17H15N3O3. The first-order valence-corrected chi connectivity index (χ1v) is 7.04. The van der Waals surface area contributed by atoms with Crippen LogP contribution in [0.4, 0.5) is 0 Å². The third-order valence-corrected chi connectivity index (χ3v) is 3.28. The number of aromatic nitrogens is 2. The molecule has 0 aliphatic heterocycles. The van der Waals surface area contributed by atoms with Gasteiger partial charge in [0.2, 0.25) is 17.6 Å². The third-order valence-electron chi connectivity index (χ3n) is 3.28. The molecule has 3 aromatic rings. The van der Waals surface area contributed by atoms with Crippen molar-refractivity contribution in [2.75, 3.05) is 0 Å². The highest BCUT2D eigenvalue weighted by atomic mass is 16.5. The van der Waals surface area contributed by atoms with Crippen LogP contribution in [0.1, 0.15) is 21.8 Å². The molecule has 0 bridgehead atoms. The fourth-order valence-corrected chi connectivity index (χ4v) is 2.05. The molecule has 0 saturated heterocycles. The van der Waals surface area contributed by atoms with Gasteiger partial charge in [0.1, 0.15) is 12.4 Å². The van der Waals surface area contributed by atoms with Crippen molar-refractivity contribution in [2.24, 2.45) is 5.73 Å². The molecule has 0 aliphatic rings. The van der Waals surface area contributed by atoms with Crippen molar-refractivity contribution in [3.05, 3.63) is 65.5 Å². The number of benzene rings is 2. The van der Waals surface area contributed by atoms with Gasteiger partial charge in [-0.15, -0.1) is 0 Å². The van der Waals surface area contributed by atoms with E-state index >= 15 is 0 Å². The molecule has 6 nitrogen and oxygen atoms in total. The van der Waals surface area contributed by atoms with E-state index < -0.39 is 5.91 Å². The zero-order chi connectivity index (χ0) is 16.2. The Kier molecular flexibility index (Phi) is 4.05. The molecular weight excluding hydrogens is 294 g/mol. The molecule has 1 heterocycles. The van der Waals surface area contributed by atoms with Gasteiger partial charge in [0.15, 0.2) is 0 Å². The number of aryl methyl sites for hydroxylation is 1. The second-order valence-electron chi connectivity index (χ2n) is 5.01. The summed E-state index contributed by atoms with van der Waals surface area (Å²) in [6.07, 6.45) is 0. The van der Waals surface area contributed by atoms with E-state index in [9.17, 15) is 4.79 Å². The van der Waals surface area contributed by atoms with Crippen LogP contribution in [-0.2, 0) is 6.61 Å². The van der Waals surface area contributed by atoms with Gasteiger partial charge < -0.3 is 15.0 Å². The summed E-state index contributed by atoms with van der Waals surface area (Å²) in [5.74, 6) is 1.37. The molecule has 0 aliphatic carbocycles. The summed E-state index contributed by atoms with van der Waals surface area (Å²) in [4.78, 5) is 15.2. The van der Waals surface area contributed by atoms with Gasteiger partial charge in [-0.1, -0.05) is 17.3 Å². The summed E-state index contributed by atoms with van der Waals surface area (Å²) in [6.45, 7) is 2.15. The van der Waals surface area contributed by atoms with Crippen molar-refractivity contribution in [1.82, 2.24) is 10.1 Å². The minimum absolute atomic E-state index is 0.402. The van der Waals surface area contributed by atoms with Crippen LogP contribution >= 0.6 is 0 Å². The largest absolute Gasteiger partial charge is 0.489 e. The van der Waals surface area contributed by atoms with Crippen LogP contribution in [0, 0.1) is 6.92 Å². The van der Waals surface area contributed by atoms with Crippen LogP contribution in [0.15, 0.2) is 53.1 Å². The summed E-state index contributed by atoms with van der Waals surface area (Å²) in [5.41, 5.74) is 7.50. The Hall–Kier alpha value is -3.15. The third kappa shape index (κ3) is 3.55. The first kappa shape index (κ1) is 14.8.